The number of hydrogen-bond acceptors (Lipinski definition) is 7. The summed E-state index contributed by atoms with van der Waals surface area (Å²) in [6, 6.07) is 12.8. The summed E-state index contributed by atoms with van der Waals surface area (Å²) >= 11 is 0. The SMILES string of the molecule is Nc1c(S(=O)(=O)O)cc(N=Nc2ccccc2S(=O)(=O)O)c2ccccc12. The molecule has 0 aromatic heterocycles. The van der Waals surface area contributed by atoms with Gasteiger partial charge in [-0.05, 0) is 18.2 Å². The highest BCUT2D eigenvalue weighted by molar-refractivity contribution is 7.86. The largest absolute Gasteiger partial charge is 0.397 e. The minimum atomic E-state index is -4.62. The maximum absolute atomic E-state index is 11.6. The molecule has 140 valence electrons. The molecule has 9 nitrogen and oxygen atoms in total. The number of benzene rings is 3. The number of anilines is 1. The Morgan fingerprint density at radius 3 is 1.85 bits per heavy atom. The fourth-order valence-electron chi connectivity index (χ4n) is 2.52. The molecule has 0 saturated carbocycles. The quantitative estimate of drug-likeness (QED) is 0.339. The maximum atomic E-state index is 11.6. The van der Waals surface area contributed by atoms with Gasteiger partial charge in [-0.25, -0.2) is 0 Å². The van der Waals surface area contributed by atoms with E-state index in [0.717, 1.165) is 12.1 Å². The summed E-state index contributed by atoms with van der Waals surface area (Å²) in [5.74, 6) is 0. The Bertz CT molecular complexity index is 1280. The van der Waals surface area contributed by atoms with Gasteiger partial charge in [0.15, 0.2) is 0 Å². The van der Waals surface area contributed by atoms with Gasteiger partial charge in [-0.3, -0.25) is 9.11 Å². The van der Waals surface area contributed by atoms with Crippen molar-refractivity contribution < 1.29 is 25.9 Å². The van der Waals surface area contributed by atoms with E-state index in [4.69, 9.17) is 5.73 Å². The first kappa shape index (κ1) is 18.9. The molecule has 3 aromatic rings. The predicted octanol–water partition coefficient (Wildman–Crippen LogP) is 3.33. The fraction of sp³-hybridized carbons (Fsp3) is 0. The van der Waals surface area contributed by atoms with E-state index < -0.39 is 30.0 Å². The average Bonchev–Trinajstić information content (AvgIpc) is 2.60. The van der Waals surface area contributed by atoms with Crippen molar-refractivity contribution in [1.82, 2.24) is 0 Å². The standard InChI is InChI=1S/C16H13N3O6S2/c17-16-11-6-2-1-5-10(11)13(9-15(16)27(23,24)25)19-18-12-7-3-4-8-14(12)26(20,21)22/h1-9H,17H2,(H,20,21,22)(H,23,24,25). The average molecular weight is 407 g/mol. The lowest BCUT2D eigenvalue weighted by Gasteiger charge is -2.09. The Morgan fingerprint density at radius 1 is 0.704 bits per heavy atom. The molecule has 0 aliphatic carbocycles. The lowest BCUT2D eigenvalue weighted by molar-refractivity contribution is 0.481. The van der Waals surface area contributed by atoms with Crippen LogP contribution in [0.15, 0.2) is 74.6 Å². The molecule has 0 fully saturated rings. The third-order valence-corrected chi connectivity index (χ3v) is 5.51. The number of azo groups is 1. The molecule has 0 heterocycles. The normalized spacial score (nSPS) is 12.7. The number of fused-ring (bicyclic) bond motifs is 1. The molecule has 11 heteroatoms. The van der Waals surface area contributed by atoms with E-state index in [2.05, 4.69) is 10.2 Å². The number of nitrogen functional groups attached to an aromatic ring is 1. The van der Waals surface area contributed by atoms with Crippen LogP contribution in [0.1, 0.15) is 0 Å². The van der Waals surface area contributed by atoms with Gasteiger partial charge in [0.25, 0.3) is 20.2 Å². The van der Waals surface area contributed by atoms with E-state index in [0.29, 0.717) is 10.8 Å². The first-order valence-electron chi connectivity index (χ1n) is 7.36. The van der Waals surface area contributed by atoms with Gasteiger partial charge in [-0.1, -0.05) is 36.4 Å². The zero-order chi connectivity index (χ0) is 19.8. The predicted molar refractivity (Wildman–Crippen MR) is 98.6 cm³/mol. The van der Waals surface area contributed by atoms with Gasteiger partial charge in [0.05, 0.1) is 11.4 Å². The number of hydrogen-bond donors (Lipinski definition) is 3. The smallest absolute Gasteiger partial charge is 0.296 e. The molecule has 3 rings (SSSR count). The second kappa shape index (κ2) is 6.70. The van der Waals surface area contributed by atoms with Gasteiger partial charge in [-0.2, -0.15) is 16.8 Å². The Balaban J connectivity index is 2.25. The van der Waals surface area contributed by atoms with Gasteiger partial charge >= 0.3 is 0 Å². The molecule has 3 aromatic carbocycles. The van der Waals surface area contributed by atoms with Crippen LogP contribution in [0.5, 0.6) is 0 Å². The second-order valence-corrected chi connectivity index (χ2v) is 8.25. The summed E-state index contributed by atoms with van der Waals surface area (Å²) in [7, 11) is -9.15. The highest BCUT2D eigenvalue weighted by Crippen LogP contribution is 2.37. The van der Waals surface area contributed by atoms with Crippen molar-refractivity contribution in [3.05, 3.63) is 54.6 Å². The summed E-state index contributed by atoms with van der Waals surface area (Å²) < 4.78 is 64.7. The minimum absolute atomic E-state index is 0.0394. The van der Waals surface area contributed by atoms with Crippen molar-refractivity contribution in [1.29, 1.82) is 0 Å². The monoisotopic (exact) mass is 407 g/mol. The van der Waals surface area contributed by atoms with Gasteiger partial charge < -0.3 is 5.73 Å². The van der Waals surface area contributed by atoms with Crippen LogP contribution in [0.4, 0.5) is 17.1 Å². The van der Waals surface area contributed by atoms with Crippen molar-refractivity contribution in [2.24, 2.45) is 10.2 Å². The van der Waals surface area contributed by atoms with E-state index in [1.807, 2.05) is 0 Å². The van der Waals surface area contributed by atoms with Gasteiger partial charge in [0, 0.05) is 10.8 Å². The summed E-state index contributed by atoms with van der Waals surface area (Å²) in [6.07, 6.45) is 0. The van der Waals surface area contributed by atoms with Gasteiger partial charge in [0.2, 0.25) is 0 Å². The summed E-state index contributed by atoms with van der Waals surface area (Å²) in [5.41, 5.74) is 5.59. The van der Waals surface area contributed by atoms with Crippen molar-refractivity contribution in [3.63, 3.8) is 0 Å². The van der Waals surface area contributed by atoms with Crippen LogP contribution < -0.4 is 5.73 Å². The third-order valence-electron chi connectivity index (χ3n) is 3.71. The Hall–Kier alpha value is -2.86. The van der Waals surface area contributed by atoms with E-state index in [1.54, 1.807) is 24.3 Å². The minimum Gasteiger partial charge on any atom is -0.397 e. The van der Waals surface area contributed by atoms with E-state index in [9.17, 15) is 25.9 Å². The van der Waals surface area contributed by atoms with Gasteiger partial charge in [-0.15, -0.1) is 10.2 Å². The third kappa shape index (κ3) is 3.80. The molecule has 0 aliphatic heterocycles. The van der Waals surface area contributed by atoms with Gasteiger partial charge in [0.1, 0.15) is 15.5 Å². The molecular formula is C16H13N3O6S2. The lowest BCUT2D eigenvalue weighted by Crippen LogP contribution is -2.03. The van der Waals surface area contributed by atoms with Crippen LogP contribution in [0.3, 0.4) is 0 Å². The van der Waals surface area contributed by atoms with Crippen molar-refractivity contribution in [2.45, 2.75) is 9.79 Å². The molecule has 4 N–H and O–H groups in total. The van der Waals surface area contributed by atoms with Crippen LogP contribution in [-0.2, 0) is 20.2 Å². The lowest BCUT2D eigenvalue weighted by atomic mass is 10.1. The second-order valence-electron chi connectivity index (χ2n) is 5.47. The molecule has 0 aliphatic rings. The zero-order valence-electron chi connectivity index (χ0n) is 13.5. The Morgan fingerprint density at radius 2 is 1.22 bits per heavy atom. The molecule has 0 bridgehead atoms. The topological polar surface area (TPSA) is 159 Å². The van der Waals surface area contributed by atoms with E-state index in [-0.39, 0.29) is 17.1 Å². The van der Waals surface area contributed by atoms with E-state index >= 15 is 0 Å². The van der Waals surface area contributed by atoms with Crippen molar-refractivity contribution >= 4 is 48.1 Å². The molecule has 0 amide bonds. The molecule has 27 heavy (non-hydrogen) atoms. The molecule has 0 atom stereocenters. The molecular weight excluding hydrogens is 394 g/mol. The molecule has 0 unspecified atom stereocenters. The first-order valence-corrected chi connectivity index (χ1v) is 10.2. The van der Waals surface area contributed by atoms with Crippen molar-refractivity contribution in [2.75, 3.05) is 5.73 Å². The highest BCUT2D eigenvalue weighted by Gasteiger charge is 2.19. The maximum Gasteiger partial charge on any atom is 0.296 e. The zero-order valence-corrected chi connectivity index (χ0v) is 15.1. The van der Waals surface area contributed by atoms with Crippen LogP contribution in [0.2, 0.25) is 0 Å². The highest BCUT2D eigenvalue weighted by atomic mass is 32.2. The van der Waals surface area contributed by atoms with Crippen LogP contribution >= 0.6 is 0 Å². The first-order chi connectivity index (χ1) is 12.6. The number of rotatable bonds is 4. The summed E-state index contributed by atoms with van der Waals surface area (Å²) in [6.45, 7) is 0. The summed E-state index contributed by atoms with van der Waals surface area (Å²) in [4.78, 5) is -0.998. The van der Waals surface area contributed by atoms with E-state index in [1.165, 1.54) is 18.2 Å². The van der Waals surface area contributed by atoms with Crippen LogP contribution in [0.25, 0.3) is 10.8 Å². The number of nitrogens with two attached hydrogens (primary N) is 1. The van der Waals surface area contributed by atoms with Crippen LogP contribution in [0, 0.1) is 0 Å². The van der Waals surface area contributed by atoms with Crippen LogP contribution in [-0.4, -0.2) is 25.9 Å². The molecule has 0 saturated heterocycles. The Kier molecular flexibility index (Phi) is 4.70. The number of nitrogens with zero attached hydrogens (tertiary/aromatic N) is 2. The summed E-state index contributed by atoms with van der Waals surface area (Å²) in [5, 5.41) is 8.49. The molecule has 0 spiro atoms. The molecule has 0 radical (unpaired) electrons. The van der Waals surface area contributed by atoms with Crippen molar-refractivity contribution in [3.8, 4) is 0 Å². The Labute approximate surface area is 154 Å². The fourth-order valence-corrected chi connectivity index (χ4v) is 3.79.